The van der Waals surface area contributed by atoms with E-state index in [0.717, 1.165) is 69.0 Å². The van der Waals surface area contributed by atoms with Crippen molar-refractivity contribution in [2.45, 2.75) is 12.1 Å². The van der Waals surface area contributed by atoms with E-state index in [1.807, 2.05) is 35.2 Å². The van der Waals surface area contributed by atoms with Crippen molar-refractivity contribution in [3.05, 3.63) is 108 Å². The van der Waals surface area contributed by atoms with Crippen LogP contribution in [0.25, 0.3) is 10.9 Å². The minimum Gasteiger partial charge on any atom is -0.490 e. The van der Waals surface area contributed by atoms with Gasteiger partial charge in [0, 0.05) is 70.5 Å². The quantitative estimate of drug-likeness (QED) is 0.308. The second-order valence-corrected chi connectivity index (χ2v) is 11.5. The van der Waals surface area contributed by atoms with Crippen LogP contribution in [-0.4, -0.2) is 114 Å². The number of carbonyl (C=O) groups is 1. The third-order valence-corrected chi connectivity index (χ3v) is 8.59. The first-order valence-corrected chi connectivity index (χ1v) is 15.3. The predicted molar refractivity (Wildman–Crippen MR) is 169 cm³/mol. The molecule has 1 amide bonds. The molecule has 1 atom stereocenters. The van der Waals surface area contributed by atoms with Gasteiger partial charge in [-0.1, -0.05) is 66.7 Å². The third kappa shape index (κ3) is 7.40. The van der Waals surface area contributed by atoms with E-state index in [4.69, 9.17) is 4.74 Å². The number of β-amino-alcohol motifs (C(OH)–C–C–N with tert-alkyl or cyclic N) is 1. The Labute approximate surface area is 254 Å². The molecule has 0 aliphatic carbocycles. The molecule has 2 fully saturated rings. The molecule has 1 N–H and O–H groups in total. The number of ether oxygens (including phenoxy) is 1. The van der Waals surface area contributed by atoms with Crippen LogP contribution in [0.15, 0.2) is 97.2 Å². The lowest BCUT2D eigenvalue weighted by molar-refractivity contribution is -0.134. The first kappa shape index (κ1) is 29.3. The molecule has 0 spiro atoms. The second kappa shape index (κ2) is 14.1. The van der Waals surface area contributed by atoms with E-state index in [2.05, 4.69) is 80.3 Å². The zero-order valence-corrected chi connectivity index (χ0v) is 24.7. The average Bonchev–Trinajstić information content (AvgIpc) is 3.06. The molecule has 8 nitrogen and oxygen atoms in total. The number of hydrogen-bond donors (Lipinski definition) is 1. The lowest BCUT2D eigenvalue weighted by Crippen LogP contribution is -2.54. The lowest BCUT2D eigenvalue weighted by Gasteiger charge is -2.41. The Morgan fingerprint density at radius 3 is 2.07 bits per heavy atom. The van der Waals surface area contributed by atoms with E-state index in [1.54, 1.807) is 6.20 Å². The number of aliphatic hydroxyl groups excluding tert-OH is 1. The number of benzene rings is 3. The van der Waals surface area contributed by atoms with Crippen LogP contribution >= 0.6 is 0 Å². The first-order chi connectivity index (χ1) is 21.1. The van der Waals surface area contributed by atoms with E-state index >= 15 is 0 Å². The number of piperazine rings is 2. The monoisotopic (exact) mass is 579 g/mol. The summed E-state index contributed by atoms with van der Waals surface area (Å²) in [4.78, 5) is 26.6. The van der Waals surface area contributed by atoms with Gasteiger partial charge in [0.05, 0.1) is 18.1 Å². The number of rotatable bonds is 10. The summed E-state index contributed by atoms with van der Waals surface area (Å²) < 4.78 is 5.96. The van der Waals surface area contributed by atoms with Gasteiger partial charge in [0.25, 0.3) is 0 Å². The highest BCUT2D eigenvalue weighted by molar-refractivity contribution is 5.84. The van der Waals surface area contributed by atoms with Crippen LogP contribution in [0.3, 0.4) is 0 Å². The summed E-state index contributed by atoms with van der Waals surface area (Å²) in [5, 5.41) is 11.6. The molecule has 3 heterocycles. The van der Waals surface area contributed by atoms with E-state index in [9.17, 15) is 9.90 Å². The Balaban J connectivity index is 0.938. The fourth-order valence-corrected chi connectivity index (χ4v) is 6.27. The summed E-state index contributed by atoms with van der Waals surface area (Å²) in [5.41, 5.74) is 3.45. The fourth-order valence-electron chi connectivity index (χ4n) is 6.27. The molecule has 0 saturated carbocycles. The van der Waals surface area contributed by atoms with Crippen molar-refractivity contribution in [1.82, 2.24) is 24.6 Å². The van der Waals surface area contributed by atoms with E-state index in [0.29, 0.717) is 13.1 Å². The standard InChI is InChI=1S/C35H41N5O3/c41-30(27-43-33-15-7-14-32-31(33)13-8-16-36-32)25-37-17-19-38(20-18-37)26-34(42)39-21-23-40(24-22-39)35(28-9-3-1-4-10-28)29-11-5-2-6-12-29/h1-16,30,35,41H,17-27H2/t30-/m1/s1. The summed E-state index contributed by atoms with van der Waals surface area (Å²) in [6, 6.07) is 31.2. The maximum absolute atomic E-state index is 13.2. The van der Waals surface area contributed by atoms with Gasteiger partial charge in [-0.3, -0.25) is 24.5 Å². The maximum atomic E-state index is 13.2. The molecule has 224 valence electrons. The van der Waals surface area contributed by atoms with Gasteiger partial charge in [-0.15, -0.1) is 0 Å². The molecule has 2 aliphatic heterocycles. The Morgan fingerprint density at radius 1 is 0.744 bits per heavy atom. The first-order valence-electron chi connectivity index (χ1n) is 15.3. The third-order valence-electron chi connectivity index (χ3n) is 8.59. The number of fused-ring (bicyclic) bond motifs is 1. The molecule has 43 heavy (non-hydrogen) atoms. The normalized spacial score (nSPS) is 17.8. The molecule has 3 aromatic carbocycles. The summed E-state index contributed by atoms with van der Waals surface area (Å²) >= 11 is 0. The Kier molecular flexibility index (Phi) is 9.60. The van der Waals surface area contributed by atoms with Crippen LogP contribution in [0, 0.1) is 0 Å². The molecule has 6 rings (SSSR count). The van der Waals surface area contributed by atoms with Gasteiger partial charge in [-0.25, -0.2) is 0 Å². The average molecular weight is 580 g/mol. The Morgan fingerprint density at radius 2 is 1.40 bits per heavy atom. The fraction of sp³-hybridized carbons (Fsp3) is 0.371. The summed E-state index contributed by atoms with van der Waals surface area (Å²) in [7, 11) is 0. The van der Waals surface area contributed by atoms with Gasteiger partial charge in [-0.05, 0) is 35.4 Å². The van der Waals surface area contributed by atoms with E-state index in [-0.39, 0.29) is 18.6 Å². The maximum Gasteiger partial charge on any atom is 0.236 e. The molecule has 0 unspecified atom stereocenters. The van der Waals surface area contributed by atoms with Crippen LogP contribution in [0.2, 0.25) is 0 Å². The Hall–Kier alpha value is -3.82. The summed E-state index contributed by atoms with van der Waals surface area (Å²) in [5.74, 6) is 0.951. The summed E-state index contributed by atoms with van der Waals surface area (Å²) in [6.07, 6.45) is 1.18. The number of hydrogen-bond acceptors (Lipinski definition) is 7. The van der Waals surface area contributed by atoms with Crippen molar-refractivity contribution >= 4 is 16.8 Å². The van der Waals surface area contributed by atoms with Crippen molar-refractivity contribution < 1.29 is 14.6 Å². The van der Waals surface area contributed by atoms with Gasteiger partial charge < -0.3 is 14.7 Å². The lowest BCUT2D eigenvalue weighted by atomic mass is 9.96. The number of amides is 1. The van der Waals surface area contributed by atoms with Gasteiger partial charge >= 0.3 is 0 Å². The summed E-state index contributed by atoms with van der Waals surface area (Å²) in [6.45, 7) is 7.71. The van der Waals surface area contributed by atoms with Gasteiger partial charge in [0.2, 0.25) is 5.91 Å². The highest BCUT2D eigenvalue weighted by Gasteiger charge is 2.29. The smallest absolute Gasteiger partial charge is 0.236 e. The van der Waals surface area contributed by atoms with Crippen LogP contribution in [0.5, 0.6) is 5.75 Å². The molecular weight excluding hydrogens is 538 g/mol. The van der Waals surface area contributed by atoms with Crippen molar-refractivity contribution in [2.75, 3.05) is 72.1 Å². The highest BCUT2D eigenvalue weighted by atomic mass is 16.5. The molecule has 0 bridgehead atoms. The minimum atomic E-state index is -0.591. The van der Waals surface area contributed by atoms with Crippen molar-refractivity contribution in [3.8, 4) is 5.75 Å². The zero-order valence-electron chi connectivity index (χ0n) is 24.7. The largest absolute Gasteiger partial charge is 0.490 e. The SMILES string of the molecule is O=C(CN1CCN(C[C@@H](O)COc2cccc3ncccc23)CC1)N1CCN(C(c2ccccc2)c2ccccc2)CC1. The number of nitrogens with zero attached hydrogens (tertiary/aromatic N) is 5. The number of aliphatic hydroxyl groups is 1. The van der Waals surface area contributed by atoms with Crippen molar-refractivity contribution in [2.24, 2.45) is 0 Å². The molecule has 4 aromatic rings. The van der Waals surface area contributed by atoms with Crippen LogP contribution in [-0.2, 0) is 4.79 Å². The van der Waals surface area contributed by atoms with Gasteiger partial charge in [-0.2, -0.15) is 0 Å². The number of carbonyl (C=O) groups excluding carboxylic acids is 1. The van der Waals surface area contributed by atoms with Gasteiger partial charge in [0.15, 0.2) is 0 Å². The second-order valence-electron chi connectivity index (χ2n) is 11.5. The predicted octanol–water partition coefficient (Wildman–Crippen LogP) is 3.53. The molecular formula is C35H41N5O3. The molecule has 8 heteroatoms. The van der Waals surface area contributed by atoms with Crippen LogP contribution in [0.4, 0.5) is 0 Å². The number of pyridine rings is 1. The zero-order chi connectivity index (χ0) is 29.4. The minimum absolute atomic E-state index is 0.192. The molecule has 0 radical (unpaired) electrons. The molecule has 2 aliphatic rings. The van der Waals surface area contributed by atoms with Gasteiger partial charge in [0.1, 0.15) is 18.5 Å². The number of aromatic nitrogens is 1. The molecule has 1 aromatic heterocycles. The molecule has 2 saturated heterocycles. The van der Waals surface area contributed by atoms with Crippen LogP contribution < -0.4 is 4.74 Å². The Bertz CT molecular complexity index is 1410. The topological polar surface area (TPSA) is 72.4 Å². The van der Waals surface area contributed by atoms with Crippen molar-refractivity contribution in [3.63, 3.8) is 0 Å². The van der Waals surface area contributed by atoms with Crippen LogP contribution in [0.1, 0.15) is 17.2 Å². The van der Waals surface area contributed by atoms with E-state index < -0.39 is 6.10 Å². The van der Waals surface area contributed by atoms with Crippen molar-refractivity contribution in [1.29, 1.82) is 0 Å². The highest BCUT2D eigenvalue weighted by Crippen LogP contribution is 2.29. The van der Waals surface area contributed by atoms with E-state index in [1.165, 1.54) is 11.1 Å².